The molecule has 1 N–H and O–H groups in total. The molecule has 0 aromatic heterocycles. The average Bonchev–Trinajstić information content (AvgIpc) is 2.18. The molecule has 0 aliphatic carbocycles. The van der Waals surface area contributed by atoms with Gasteiger partial charge in [-0.2, -0.15) is 0 Å². The Hall–Kier alpha value is -0.730. The number of ether oxygens (including phenoxy) is 1. The first-order valence-corrected chi connectivity index (χ1v) is 5.16. The minimum absolute atomic E-state index is 0.184. The van der Waals surface area contributed by atoms with Crippen LogP contribution in [0.15, 0.2) is 18.2 Å². The van der Waals surface area contributed by atoms with Crippen LogP contribution >= 0.6 is 11.6 Å². The molecule has 1 aromatic carbocycles. The lowest BCUT2D eigenvalue weighted by molar-refractivity contribution is 0.0596. The molecule has 76 valence electrons. The number of hydrogen-bond donors (Lipinski definition) is 1. The van der Waals surface area contributed by atoms with Crippen LogP contribution in [0.5, 0.6) is 0 Å². The van der Waals surface area contributed by atoms with Gasteiger partial charge in [-0.25, -0.2) is 0 Å². The maximum atomic E-state index is 5.92. The molecule has 0 fully saturated rings. The topological polar surface area (TPSA) is 21.3 Å². The minimum atomic E-state index is 0.184. The highest BCUT2D eigenvalue weighted by Gasteiger charge is 2.25. The van der Waals surface area contributed by atoms with E-state index < -0.39 is 0 Å². The van der Waals surface area contributed by atoms with E-state index in [0.29, 0.717) is 5.92 Å². The summed E-state index contributed by atoms with van der Waals surface area (Å²) < 4.78 is 5.49. The first-order valence-electron chi connectivity index (χ1n) is 4.78. The van der Waals surface area contributed by atoms with Gasteiger partial charge >= 0.3 is 0 Å². The number of benzene rings is 1. The van der Waals surface area contributed by atoms with Crippen LogP contribution in [0, 0.1) is 5.92 Å². The lowest BCUT2D eigenvalue weighted by atomic mass is 9.92. The largest absolute Gasteiger partial charge is 0.384 e. The van der Waals surface area contributed by atoms with Gasteiger partial charge in [0, 0.05) is 35.8 Å². The second kappa shape index (κ2) is 3.79. The van der Waals surface area contributed by atoms with Crippen LogP contribution in [0.1, 0.15) is 18.6 Å². The summed E-state index contributed by atoms with van der Waals surface area (Å²) in [5, 5.41) is 4.12. The molecule has 2 nitrogen and oxygen atoms in total. The standard InChI is InChI=1S/C11H14ClNO/c1-7-6-13-10-5-8(12)3-4-9(10)11(7)14-2/h3-5,7,11,13H,6H2,1-2H3. The average molecular weight is 212 g/mol. The third-order valence-corrected chi connectivity index (χ3v) is 2.94. The molecule has 0 radical (unpaired) electrons. The molecule has 1 heterocycles. The summed E-state index contributed by atoms with van der Waals surface area (Å²) in [6, 6.07) is 5.90. The predicted octanol–water partition coefficient (Wildman–Crippen LogP) is 3.09. The Bertz CT molecular complexity index is 340. The fraction of sp³-hybridized carbons (Fsp3) is 0.455. The van der Waals surface area contributed by atoms with Crippen LogP contribution in [0.25, 0.3) is 0 Å². The van der Waals surface area contributed by atoms with Gasteiger partial charge in [-0.15, -0.1) is 0 Å². The molecule has 14 heavy (non-hydrogen) atoms. The number of methoxy groups -OCH3 is 1. The number of halogens is 1. The molecule has 1 aliphatic heterocycles. The van der Waals surface area contributed by atoms with Gasteiger partial charge in [-0.05, 0) is 12.1 Å². The number of nitrogens with one attached hydrogen (secondary N) is 1. The second-order valence-corrected chi connectivity index (χ2v) is 4.18. The maximum absolute atomic E-state index is 5.92. The van der Waals surface area contributed by atoms with Crippen LogP contribution in [0.2, 0.25) is 5.02 Å². The molecular formula is C11H14ClNO. The lowest BCUT2D eigenvalue weighted by Crippen LogP contribution is -2.26. The molecule has 0 spiro atoms. The monoisotopic (exact) mass is 211 g/mol. The lowest BCUT2D eigenvalue weighted by Gasteiger charge is -2.31. The zero-order valence-corrected chi connectivity index (χ0v) is 9.14. The van der Waals surface area contributed by atoms with E-state index >= 15 is 0 Å². The van der Waals surface area contributed by atoms with Crippen molar-refractivity contribution in [3.63, 3.8) is 0 Å². The van der Waals surface area contributed by atoms with Crippen molar-refractivity contribution < 1.29 is 4.74 Å². The van der Waals surface area contributed by atoms with Gasteiger partial charge in [0.1, 0.15) is 0 Å². The van der Waals surface area contributed by atoms with Crippen molar-refractivity contribution in [1.29, 1.82) is 0 Å². The van der Waals surface area contributed by atoms with Gasteiger partial charge in [-0.1, -0.05) is 24.6 Å². The third kappa shape index (κ3) is 1.60. The Kier molecular flexibility index (Phi) is 2.66. The molecule has 0 amide bonds. The Morgan fingerprint density at radius 2 is 2.29 bits per heavy atom. The third-order valence-electron chi connectivity index (χ3n) is 2.71. The van der Waals surface area contributed by atoms with Crippen molar-refractivity contribution >= 4 is 17.3 Å². The summed E-state index contributed by atoms with van der Waals surface area (Å²) in [7, 11) is 1.75. The van der Waals surface area contributed by atoms with Crippen molar-refractivity contribution in [2.75, 3.05) is 19.0 Å². The van der Waals surface area contributed by atoms with Crippen molar-refractivity contribution in [2.24, 2.45) is 5.92 Å². The molecule has 2 rings (SSSR count). The smallest absolute Gasteiger partial charge is 0.0883 e. The van der Waals surface area contributed by atoms with Crippen molar-refractivity contribution in [2.45, 2.75) is 13.0 Å². The van der Waals surface area contributed by atoms with E-state index in [0.717, 1.165) is 17.3 Å². The van der Waals surface area contributed by atoms with E-state index in [4.69, 9.17) is 16.3 Å². The molecule has 2 atom stereocenters. The van der Waals surface area contributed by atoms with Crippen LogP contribution in [-0.4, -0.2) is 13.7 Å². The van der Waals surface area contributed by atoms with Crippen LogP contribution in [0.4, 0.5) is 5.69 Å². The van der Waals surface area contributed by atoms with E-state index in [2.05, 4.69) is 12.2 Å². The SMILES string of the molecule is COC1c2ccc(Cl)cc2NCC1C. The Morgan fingerprint density at radius 3 is 3.00 bits per heavy atom. The van der Waals surface area contributed by atoms with Gasteiger partial charge in [0.05, 0.1) is 6.10 Å². The fourth-order valence-electron chi connectivity index (χ4n) is 1.97. The first kappa shape index (κ1) is 9.81. The van der Waals surface area contributed by atoms with Crippen LogP contribution in [-0.2, 0) is 4.74 Å². The Balaban J connectivity index is 2.41. The highest BCUT2D eigenvalue weighted by molar-refractivity contribution is 6.30. The summed E-state index contributed by atoms with van der Waals surface area (Å²) >= 11 is 5.92. The van der Waals surface area contributed by atoms with Crippen molar-refractivity contribution in [1.82, 2.24) is 0 Å². The van der Waals surface area contributed by atoms with Gasteiger partial charge in [0.15, 0.2) is 0 Å². The van der Waals surface area contributed by atoms with Crippen LogP contribution in [0.3, 0.4) is 0 Å². The highest BCUT2D eigenvalue weighted by Crippen LogP contribution is 2.36. The zero-order chi connectivity index (χ0) is 10.1. The molecule has 0 saturated heterocycles. The van der Waals surface area contributed by atoms with Gasteiger partial charge in [-0.3, -0.25) is 0 Å². The van der Waals surface area contributed by atoms with Crippen molar-refractivity contribution in [3.05, 3.63) is 28.8 Å². The van der Waals surface area contributed by atoms with Crippen molar-refractivity contribution in [3.8, 4) is 0 Å². The predicted molar refractivity (Wildman–Crippen MR) is 58.9 cm³/mol. The number of hydrogen-bond acceptors (Lipinski definition) is 2. The van der Waals surface area contributed by atoms with E-state index in [9.17, 15) is 0 Å². The molecule has 3 heteroatoms. The quantitative estimate of drug-likeness (QED) is 0.771. The van der Waals surface area contributed by atoms with Crippen LogP contribution < -0.4 is 5.32 Å². The molecule has 2 unspecified atom stereocenters. The molecule has 1 aromatic rings. The molecule has 1 aliphatic rings. The molecule has 0 bridgehead atoms. The number of rotatable bonds is 1. The number of anilines is 1. The summed E-state index contributed by atoms with van der Waals surface area (Å²) in [5.41, 5.74) is 2.30. The van der Waals surface area contributed by atoms with E-state index in [1.54, 1.807) is 7.11 Å². The van der Waals surface area contributed by atoms with Gasteiger partial charge in [0.2, 0.25) is 0 Å². The summed E-state index contributed by atoms with van der Waals surface area (Å²) in [6.07, 6.45) is 0.184. The number of fused-ring (bicyclic) bond motifs is 1. The zero-order valence-electron chi connectivity index (χ0n) is 8.38. The maximum Gasteiger partial charge on any atom is 0.0883 e. The van der Waals surface area contributed by atoms with E-state index in [-0.39, 0.29) is 6.10 Å². The minimum Gasteiger partial charge on any atom is -0.384 e. The summed E-state index contributed by atoms with van der Waals surface area (Å²) in [4.78, 5) is 0. The van der Waals surface area contributed by atoms with Gasteiger partial charge in [0.25, 0.3) is 0 Å². The van der Waals surface area contributed by atoms with E-state index in [1.165, 1.54) is 5.56 Å². The fourth-order valence-corrected chi connectivity index (χ4v) is 2.15. The van der Waals surface area contributed by atoms with Gasteiger partial charge < -0.3 is 10.1 Å². The summed E-state index contributed by atoms with van der Waals surface area (Å²) in [6.45, 7) is 3.12. The Labute approximate surface area is 89.2 Å². The molecular weight excluding hydrogens is 198 g/mol. The van der Waals surface area contributed by atoms with E-state index in [1.807, 2.05) is 18.2 Å². The normalized spacial score (nSPS) is 25.4. The first-order chi connectivity index (χ1) is 6.72. The summed E-state index contributed by atoms with van der Waals surface area (Å²) in [5.74, 6) is 0.494. The highest BCUT2D eigenvalue weighted by atomic mass is 35.5. The second-order valence-electron chi connectivity index (χ2n) is 3.75. The Morgan fingerprint density at radius 1 is 1.50 bits per heavy atom. The molecule has 0 saturated carbocycles.